The number of allylic oxidation sites excluding steroid dienone is 8. The highest BCUT2D eigenvalue weighted by Gasteiger charge is 2.74. The van der Waals surface area contributed by atoms with E-state index in [1.54, 1.807) is 0 Å². The van der Waals surface area contributed by atoms with Crippen LogP contribution in [0.25, 0.3) is 0 Å². The highest BCUT2D eigenvalue weighted by Crippen LogP contribution is 2.66. The van der Waals surface area contributed by atoms with Crippen molar-refractivity contribution in [3.05, 3.63) is 59.8 Å². The van der Waals surface area contributed by atoms with E-state index < -0.39 is 0 Å². The molecule has 43 heavy (non-hydrogen) atoms. The summed E-state index contributed by atoms with van der Waals surface area (Å²) in [4.78, 5) is 0. The second-order valence-corrected chi connectivity index (χ2v) is 15.8. The number of rotatable bonds is 12. The minimum atomic E-state index is -0.269. The fourth-order valence-corrected chi connectivity index (χ4v) is 7.66. The molecule has 0 amide bonds. The molecule has 3 aliphatic rings. The number of hydrogen-bond donors (Lipinski definition) is 2. The van der Waals surface area contributed by atoms with E-state index >= 15 is 0 Å². The molecule has 0 bridgehead atoms. The van der Waals surface area contributed by atoms with Gasteiger partial charge in [0, 0.05) is 28.7 Å². The van der Waals surface area contributed by atoms with E-state index in [0.717, 1.165) is 44.9 Å². The van der Waals surface area contributed by atoms with Crippen LogP contribution in [0.15, 0.2) is 59.8 Å². The Bertz CT molecular complexity index is 1150. The largest absolute Gasteiger partial charge is 0.393 e. The normalized spacial score (nSPS) is 33.0. The van der Waals surface area contributed by atoms with Crippen molar-refractivity contribution in [3.63, 3.8) is 0 Å². The fraction of sp³-hybridized carbons (Fsp3) is 0.700. The molecule has 3 nitrogen and oxygen atoms in total. The Hall–Kier alpha value is -1.86. The first-order chi connectivity index (χ1) is 20.0. The van der Waals surface area contributed by atoms with Crippen molar-refractivity contribution >= 4 is 0 Å². The zero-order valence-corrected chi connectivity index (χ0v) is 29.0. The summed E-state index contributed by atoms with van der Waals surface area (Å²) in [7, 11) is 0. The van der Waals surface area contributed by atoms with Gasteiger partial charge in [-0.3, -0.25) is 0 Å². The third-order valence-electron chi connectivity index (χ3n) is 10.2. The lowest BCUT2D eigenvalue weighted by Gasteiger charge is -2.39. The summed E-state index contributed by atoms with van der Waals surface area (Å²) in [5.74, 6) is 8.68. The molecule has 0 aromatic heterocycles. The molecule has 1 saturated carbocycles. The highest BCUT2D eigenvalue weighted by molar-refractivity contribution is 5.40. The van der Waals surface area contributed by atoms with Gasteiger partial charge < -0.3 is 14.9 Å². The summed E-state index contributed by atoms with van der Waals surface area (Å²) in [5.41, 5.74) is 1.88. The zero-order valence-electron chi connectivity index (χ0n) is 29.0. The van der Waals surface area contributed by atoms with Gasteiger partial charge in [0.2, 0.25) is 0 Å². The third-order valence-corrected chi connectivity index (χ3v) is 10.2. The number of epoxide rings is 1. The molecule has 0 radical (unpaired) electrons. The minimum absolute atomic E-state index is 0.0448. The number of aliphatic hydroxyl groups excluding tert-OH is 2. The van der Waals surface area contributed by atoms with Crippen molar-refractivity contribution in [3.8, 4) is 11.8 Å². The molecule has 0 aromatic rings. The Balaban J connectivity index is 1.34. The predicted molar refractivity (Wildman–Crippen MR) is 182 cm³/mol. The van der Waals surface area contributed by atoms with Crippen LogP contribution < -0.4 is 0 Å². The van der Waals surface area contributed by atoms with Crippen molar-refractivity contribution in [2.24, 2.45) is 34.5 Å². The molecule has 2 aliphatic carbocycles. The summed E-state index contributed by atoms with van der Waals surface area (Å²) in [6.45, 7) is 22.1. The van der Waals surface area contributed by atoms with E-state index in [9.17, 15) is 10.2 Å². The lowest BCUT2D eigenvalue weighted by atomic mass is 9.63. The molecule has 240 valence electrons. The summed E-state index contributed by atoms with van der Waals surface area (Å²) in [6, 6.07) is 0. The molecule has 1 saturated heterocycles. The van der Waals surface area contributed by atoms with Gasteiger partial charge in [-0.25, -0.2) is 0 Å². The Morgan fingerprint density at radius 2 is 1.56 bits per heavy atom. The number of fused-ring (bicyclic) bond motifs is 1. The highest BCUT2D eigenvalue weighted by atomic mass is 16.6. The van der Waals surface area contributed by atoms with Crippen LogP contribution in [0, 0.1) is 46.3 Å². The monoisotopic (exact) mass is 590 g/mol. The van der Waals surface area contributed by atoms with E-state index in [4.69, 9.17) is 4.74 Å². The minimum Gasteiger partial charge on any atom is -0.393 e. The molecule has 8 atom stereocenters. The summed E-state index contributed by atoms with van der Waals surface area (Å²) in [5, 5.41) is 20.4. The molecule has 0 spiro atoms. The van der Waals surface area contributed by atoms with E-state index in [-0.39, 0.29) is 40.2 Å². The number of aliphatic hydroxyl groups is 2. The van der Waals surface area contributed by atoms with Gasteiger partial charge in [0.25, 0.3) is 0 Å². The van der Waals surface area contributed by atoms with Gasteiger partial charge in [-0.15, -0.1) is 0 Å². The van der Waals surface area contributed by atoms with E-state index in [1.165, 1.54) is 17.6 Å². The standard InChI is InChI=1S/C40H62O3/c1-29(17-13-19-31(3)21-22-36-33(5)25-34(41)26-37(36,6)7)15-11-12-16-30(2)18-14-20-32(4)23-24-40-38(8,9)27-35(42)28-39(40,10)43-40/h12-14,16,19-20,23-24,29-32,34-35,41-42H,11,15,17-18,25-28H2,1-10H3/b16-12+,19-13+,20-14+,24-23+/t29?,30?,31?,32?,34-,35+,39-,40+/m1/s1. The van der Waals surface area contributed by atoms with Crippen LogP contribution in [0.2, 0.25) is 0 Å². The van der Waals surface area contributed by atoms with Gasteiger partial charge in [-0.05, 0) is 83.5 Å². The zero-order chi connectivity index (χ0) is 32.1. The Labute approximate surface area is 264 Å². The van der Waals surface area contributed by atoms with Crippen LogP contribution in [0.5, 0.6) is 0 Å². The lowest BCUT2D eigenvalue weighted by Crippen LogP contribution is -2.46. The summed E-state index contributed by atoms with van der Waals surface area (Å²) in [6.07, 6.45) is 25.5. The van der Waals surface area contributed by atoms with Crippen molar-refractivity contribution in [2.75, 3.05) is 0 Å². The van der Waals surface area contributed by atoms with Crippen LogP contribution in [-0.2, 0) is 4.74 Å². The van der Waals surface area contributed by atoms with Crippen LogP contribution in [-0.4, -0.2) is 33.6 Å². The average molecular weight is 591 g/mol. The molecule has 2 fully saturated rings. The van der Waals surface area contributed by atoms with Gasteiger partial charge in [0.1, 0.15) is 11.2 Å². The van der Waals surface area contributed by atoms with Crippen molar-refractivity contribution < 1.29 is 14.9 Å². The van der Waals surface area contributed by atoms with Gasteiger partial charge in [0.05, 0.1) is 12.2 Å². The first-order valence-corrected chi connectivity index (χ1v) is 17.0. The van der Waals surface area contributed by atoms with Crippen molar-refractivity contribution in [2.45, 2.75) is 144 Å². The fourth-order valence-electron chi connectivity index (χ4n) is 7.66. The Morgan fingerprint density at radius 3 is 2.23 bits per heavy atom. The van der Waals surface area contributed by atoms with Crippen LogP contribution >= 0.6 is 0 Å². The van der Waals surface area contributed by atoms with Gasteiger partial charge >= 0.3 is 0 Å². The molecule has 1 aliphatic heterocycles. The maximum absolute atomic E-state index is 10.3. The molecule has 4 unspecified atom stereocenters. The molecule has 1 heterocycles. The smallest absolute Gasteiger partial charge is 0.121 e. The van der Waals surface area contributed by atoms with Gasteiger partial charge in [-0.2, -0.15) is 0 Å². The average Bonchev–Trinajstić information content (AvgIpc) is 3.49. The van der Waals surface area contributed by atoms with Crippen LogP contribution in [0.4, 0.5) is 0 Å². The summed E-state index contributed by atoms with van der Waals surface area (Å²) < 4.78 is 6.28. The number of hydrogen-bond acceptors (Lipinski definition) is 3. The van der Waals surface area contributed by atoms with Crippen LogP contribution in [0.1, 0.15) is 121 Å². The Kier molecular flexibility index (Phi) is 12.0. The van der Waals surface area contributed by atoms with Crippen molar-refractivity contribution in [1.82, 2.24) is 0 Å². The second-order valence-electron chi connectivity index (χ2n) is 15.8. The molecule has 3 heteroatoms. The SMILES string of the molecule is CC1=C(C#CC(C)/C=C/CC(C)CC/C=C/C(C)C/C=C/C(C)/C=C/[C@@]23O[C@]2(C)C[C@@H](O)CC3(C)C)C(C)(C)C[C@H](O)C1. The van der Waals surface area contributed by atoms with Crippen LogP contribution in [0.3, 0.4) is 0 Å². The van der Waals surface area contributed by atoms with E-state index in [2.05, 4.69) is 130 Å². The lowest BCUT2D eigenvalue weighted by molar-refractivity contribution is 0.0514. The first kappa shape index (κ1) is 35.6. The first-order valence-electron chi connectivity index (χ1n) is 17.0. The molecular formula is C40H62O3. The van der Waals surface area contributed by atoms with E-state index in [1.807, 2.05) is 0 Å². The van der Waals surface area contributed by atoms with Gasteiger partial charge in [-0.1, -0.05) is 114 Å². The maximum atomic E-state index is 10.3. The predicted octanol–water partition coefficient (Wildman–Crippen LogP) is 9.53. The maximum Gasteiger partial charge on any atom is 0.121 e. The molecule has 0 aromatic carbocycles. The molecule has 2 N–H and O–H groups in total. The molecular weight excluding hydrogens is 528 g/mol. The number of ether oxygens (including phenoxy) is 1. The van der Waals surface area contributed by atoms with Gasteiger partial charge in [0.15, 0.2) is 0 Å². The topological polar surface area (TPSA) is 53.0 Å². The quantitative estimate of drug-likeness (QED) is 0.135. The second kappa shape index (κ2) is 14.5. The third kappa shape index (κ3) is 9.32. The van der Waals surface area contributed by atoms with E-state index in [0.29, 0.717) is 17.8 Å². The van der Waals surface area contributed by atoms with Crippen molar-refractivity contribution in [1.29, 1.82) is 0 Å². The Morgan fingerprint density at radius 1 is 0.860 bits per heavy atom. The summed E-state index contributed by atoms with van der Waals surface area (Å²) >= 11 is 0. The molecule has 3 rings (SSSR count).